The van der Waals surface area contributed by atoms with E-state index < -0.39 is 11.9 Å². The van der Waals surface area contributed by atoms with Crippen molar-refractivity contribution in [1.82, 2.24) is 0 Å². The van der Waals surface area contributed by atoms with Gasteiger partial charge in [0, 0.05) is 0 Å². The number of carbonyl (C=O) groups excluding carboxylic acids is 1. The van der Waals surface area contributed by atoms with Gasteiger partial charge in [-0.05, 0) is 18.9 Å². The standard InChI is InChI=1S/C16H28O4.Ca.2H/c1-2-3-4-5-6-7-8-9-10-11-14-20-16(19)13-12-15(17)18;;;/h11,14H,2-10,12-13H2,1H3,(H,17,18);;;/q;+2;2*-1. The van der Waals surface area contributed by atoms with Crippen LogP contribution in [0.5, 0.6) is 0 Å². The molecule has 0 aromatic carbocycles. The second-order valence-electron chi connectivity index (χ2n) is 5.02. The molecule has 120 valence electrons. The van der Waals surface area contributed by atoms with Crippen molar-refractivity contribution in [3.05, 3.63) is 12.3 Å². The molecule has 0 aliphatic carbocycles. The Morgan fingerprint density at radius 2 is 1.57 bits per heavy atom. The van der Waals surface area contributed by atoms with Gasteiger partial charge in [-0.2, -0.15) is 0 Å². The van der Waals surface area contributed by atoms with E-state index in [1.54, 1.807) is 0 Å². The number of ether oxygens (including phenoxy) is 1. The summed E-state index contributed by atoms with van der Waals surface area (Å²) in [5.74, 6) is -1.47. The smallest absolute Gasteiger partial charge is 1.00 e. The van der Waals surface area contributed by atoms with E-state index in [1.807, 2.05) is 6.08 Å². The summed E-state index contributed by atoms with van der Waals surface area (Å²) in [4.78, 5) is 21.3. The number of esters is 1. The molecule has 0 radical (unpaired) electrons. The van der Waals surface area contributed by atoms with E-state index >= 15 is 0 Å². The van der Waals surface area contributed by atoms with Gasteiger partial charge < -0.3 is 12.7 Å². The fourth-order valence-electron chi connectivity index (χ4n) is 1.86. The second-order valence-corrected chi connectivity index (χ2v) is 5.02. The monoisotopic (exact) mass is 326 g/mol. The Bertz CT molecular complexity index is 300. The molecule has 1 N–H and O–H groups in total. The SMILES string of the molecule is CCCCCCCCCCC=COC(=O)CCC(=O)O.[Ca+2].[H-].[H-]. The fourth-order valence-corrected chi connectivity index (χ4v) is 1.86. The third-order valence-electron chi connectivity index (χ3n) is 3.06. The Balaban J connectivity index is -0.000000602. The number of rotatable bonds is 13. The molecule has 0 fully saturated rings. The molecule has 0 atom stereocenters. The van der Waals surface area contributed by atoms with E-state index in [2.05, 4.69) is 6.92 Å². The number of carbonyl (C=O) groups is 2. The molecule has 21 heavy (non-hydrogen) atoms. The predicted molar refractivity (Wildman–Crippen MR) is 87.3 cm³/mol. The van der Waals surface area contributed by atoms with Gasteiger partial charge in [0.2, 0.25) is 0 Å². The van der Waals surface area contributed by atoms with E-state index in [0.717, 1.165) is 12.8 Å². The molecule has 0 unspecified atom stereocenters. The summed E-state index contributed by atoms with van der Waals surface area (Å²) in [6, 6.07) is 0. The van der Waals surface area contributed by atoms with Crippen molar-refractivity contribution in [3.8, 4) is 0 Å². The van der Waals surface area contributed by atoms with Crippen LogP contribution in [0.3, 0.4) is 0 Å². The molecule has 0 rings (SSSR count). The summed E-state index contributed by atoms with van der Waals surface area (Å²) in [5, 5.41) is 8.40. The van der Waals surface area contributed by atoms with Crippen molar-refractivity contribution in [2.45, 2.75) is 77.6 Å². The number of hydrogen-bond acceptors (Lipinski definition) is 3. The predicted octanol–water partition coefficient (Wildman–Crippen LogP) is 4.28. The van der Waals surface area contributed by atoms with Crippen molar-refractivity contribution in [2.24, 2.45) is 0 Å². The molecule has 0 saturated heterocycles. The summed E-state index contributed by atoms with van der Waals surface area (Å²) in [6.07, 6.45) is 14.1. The molecule has 0 aromatic rings. The third-order valence-corrected chi connectivity index (χ3v) is 3.06. The Kier molecular flexibility index (Phi) is 19.9. The van der Waals surface area contributed by atoms with Crippen LogP contribution in [0.1, 0.15) is 80.4 Å². The number of aliphatic carboxylic acids is 1. The van der Waals surface area contributed by atoms with Gasteiger partial charge in [0.05, 0.1) is 19.1 Å². The van der Waals surface area contributed by atoms with E-state index in [9.17, 15) is 9.59 Å². The average Bonchev–Trinajstić information content (AvgIpc) is 2.42. The zero-order chi connectivity index (χ0) is 15.1. The Hall–Kier alpha value is -0.0603. The van der Waals surface area contributed by atoms with Crippen LogP contribution in [0.25, 0.3) is 0 Å². The van der Waals surface area contributed by atoms with Gasteiger partial charge in [-0.15, -0.1) is 0 Å². The molecular weight excluding hydrogens is 296 g/mol. The number of carboxylic acids is 1. The van der Waals surface area contributed by atoms with Crippen LogP contribution >= 0.6 is 0 Å². The first-order valence-electron chi connectivity index (χ1n) is 7.73. The van der Waals surface area contributed by atoms with E-state index in [-0.39, 0.29) is 53.4 Å². The summed E-state index contributed by atoms with van der Waals surface area (Å²) < 4.78 is 4.78. The number of allylic oxidation sites excluding steroid dienone is 1. The van der Waals surface area contributed by atoms with Gasteiger partial charge in [0.15, 0.2) is 0 Å². The zero-order valence-electron chi connectivity index (χ0n) is 15.3. The molecule has 0 aliphatic heterocycles. The van der Waals surface area contributed by atoms with Crippen molar-refractivity contribution in [1.29, 1.82) is 0 Å². The zero-order valence-corrected chi connectivity index (χ0v) is 15.5. The summed E-state index contributed by atoms with van der Waals surface area (Å²) in [5.41, 5.74) is 0. The molecule has 5 heteroatoms. The Morgan fingerprint density at radius 1 is 1.00 bits per heavy atom. The molecule has 0 spiro atoms. The number of hydrogen-bond donors (Lipinski definition) is 1. The maximum Gasteiger partial charge on any atom is 2.00 e. The maximum atomic E-state index is 11.1. The van der Waals surface area contributed by atoms with Crippen molar-refractivity contribution < 1.29 is 22.3 Å². The minimum atomic E-state index is -0.982. The topological polar surface area (TPSA) is 63.6 Å². The first-order valence-corrected chi connectivity index (χ1v) is 7.73. The van der Waals surface area contributed by atoms with E-state index in [0.29, 0.717) is 0 Å². The minimum Gasteiger partial charge on any atom is -1.00 e. The van der Waals surface area contributed by atoms with Crippen LogP contribution < -0.4 is 0 Å². The summed E-state index contributed by atoms with van der Waals surface area (Å²) >= 11 is 0. The van der Waals surface area contributed by atoms with Crippen LogP contribution in [-0.4, -0.2) is 54.8 Å². The molecule has 4 nitrogen and oxygen atoms in total. The molecular formula is C16H30CaO4. The molecule has 0 aliphatic rings. The summed E-state index contributed by atoms with van der Waals surface area (Å²) in [7, 11) is 0. The van der Waals surface area contributed by atoms with E-state index in [4.69, 9.17) is 9.84 Å². The van der Waals surface area contributed by atoms with E-state index in [1.165, 1.54) is 51.2 Å². The van der Waals surface area contributed by atoms with Gasteiger partial charge in [0.25, 0.3) is 0 Å². The first-order chi connectivity index (χ1) is 9.66. The number of carboxylic acid groups (broad SMARTS) is 1. The Labute approximate surface area is 161 Å². The van der Waals surface area contributed by atoms with Gasteiger partial charge in [-0.1, -0.05) is 51.9 Å². The maximum absolute atomic E-state index is 11.1. The van der Waals surface area contributed by atoms with Crippen LogP contribution in [0.2, 0.25) is 0 Å². The van der Waals surface area contributed by atoms with Crippen LogP contribution in [-0.2, 0) is 14.3 Å². The average molecular weight is 326 g/mol. The Morgan fingerprint density at radius 3 is 2.14 bits per heavy atom. The number of unbranched alkanes of at least 4 members (excludes halogenated alkanes) is 8. The second kappa shape index (κ2) is 18.0. The fraction of sp³-hybridized carbons (Fsp3) is 0.750. The van der Waals surface area contributed by atoms with Crippen molar-refractivity contribution in [2.75, 3.05) is 0 Å². The first kappa shape index (κ1) is 23.2. The normalized spacial score (nSPS) is 10.3. The van der Waals surface area contributed by atoms with Crippen LogP contribution in [0.4, 0.5) is 0 Å². The van der Waals surface area contributed by atoms with Crippen molar-refractivity contribution in [3.63, 3.8) is 0 Å². The van der Waals surface area contributed by atoms with Crippen LogP contribution in [0.15, 0.2) is 12.3 Å². The summed E-state index contributed by atoms with van der Waals surface area (Å²) in [6.45, 7) is 2.22. The van der Waals surface area contributed by atoms with Gasteiger partial charge in [-0.25, -0.2) is 0 Å². The minimum absolute atomic E-state index is 0. The molecule has 0 aromatic heterocycles. The molecule has 0 bridgehead atoms. The quantitative estimate of drug-likeness (QED) is 0.237. The van der Waals surface area contributed by atoms with Gasteiger partial charge >= 0.3 is 49.7 Å². The van der Waals surface area contributed by atoms with Gasteiger partial charge in [-0.3, -0.25) is 9.59 Å². The molecule has 0 heterocycles. The molecule has 0 amide bonds. The van der Waals surface area contributed by atoms with Crippen LogP contribution in [0, 0.1) is 0 Å². The third kappa shape index (κ3) is 19.9. The van der Waals surface area contributed by atoms with Gasteiger partial charge in [0.1, 0.15) is 0 Å². The molecule has 0 saturated carbocycles. The largest absolute Gasteiger partial charge is 2.00 e. The van der Waals surface area contributed by atoms with Crippen molar-refractivity contribution >= 4 is 49.7 Å².